The first-order valence-electron chi connectivity index (χ1n) is 6.65. The Morgan fingerprint density at radius 1 is 1.44 bits per heavy atom. The van der Waals surface area contributed by atoms with E-state index < -0.39 is 0 Å². The average molecular weight is 272 g/mol. The number of aliphatic hydroxyl groups is 1. The summed E-state index contributed by atoms with van der Waals surface area (Å²) in [7, 11) is 1.86. The van der Waals surface area contributed by atoms with E-state index >= 15 is 0 Å². The molecule has 0 aromatic carbocycles. The Labute approximate surface area is 113 Å². The van der Waals surface area contributed by atoms with Crippen LogP contribution >= 0.6 is 11.6 Å². The lowest BCUT2D eigenvalue weighted by Gasteiger charge is -2.31. The van der Waals surface area contributed by atoms with E-state index in [-0.39, 0.29) is 6.61 Å². The number of aryl methyl sites for hydroxylation is 2. The second kappa shape index (κ2) is 6.04. The molecule has 18 heavy (non-hydrogen) atoms. The molecule has 0 saturated heterocycles. The molecule has 2 unspecified atom stereocenters. The molecular weight excluding hydrogens is 250 g/mol. The second-order valence-corrected chi connectivity index (χ2v) is 5.55. The van der Waals surface area contributed by atoms with E-state index in [4.69, 9.17) is 11.6 Å². The fourth-order valence-electron chi connectivity index (χ4n) is 2.80. The molecule has 2 atom stereocenters. The maximum atomic E-state index is 9.39. The van der Waals surface area contributed by atoms with E-state index in [1.165, 1.54) is 12.8 Å². The number of halogens is 1. The number of nitrogens with zero attached hydrogens (tertiary/aromatic N) is 2. The van der Waals surface area contributed by atoms with Gasteiger partial charge < -0.3 is 10.4 Å². The quantitative estimate of drug-likeness (QED) is 0.881. The maximum Gasteiger partial charge on any atom is 0.131 e. The maximum absolute atomic E-state index is 9.39. The summed E-state index contributed by atoms with van der Waals surface area (Å²) >= 11 is 6.21. The van der Waals surface area contributed by atoms with Gasteiger partial charge in [0, 0.05) is 31.8 Å². The first-order valence-corrected chi connectivity index (χ1v) is 7.03. The zero-order valence-corrected chi connectivity index (χ0v) is 11.9. The highest BCUT2D eigenvalue weighted by Crippen LogP contribution is 2.25. The fourth-order valence-corrected chi connectivity index (χ4v) is 3.04. The third-order valence-electron chi connectivity index (χ3n) is 3.95. The van der Waals surface area contributed by atoms with Gasteiger partial charge in [-0.3, -0.25) is 4.68 Å². The minimum Gasteiger partial charge on any atom is -0.396 e. The van der Waals surface area contributed by atoms with Gasteiger partial charge in [0.1, 0.15) is 5.15 Å². The van der Waals surface area contributed by atoms with Crippen molar-refractivity contribution in [1.29, 1.82) is 0 Å². The summed E-state index contributed by atoms with van der Waals surface area (Å²) in [6, 6.07) is 0.402. The smallest absolute Gasteiger partial charge is 0.131 e. The lowest BCUT2D eigenvalue weighted by atomic mass is 9.85. The van der Waals surface area contributed by atoms with Crippen molar-refractivity contribution in [2.75, 3.05) is 6.61 Å². The van der Waals surface area contributed by atoms with Crippen LogP contribution in [0.3, 0.4) is 0 Å². The van der Waals surface area contributed by atoms with Crippen molar-refractivity contribution >= 4 is 11.6 Å². The van der Waals surface area contributed by atoms with Gasteiger partial charge >= 0.3 is 0 Å². The van der Waals surface area contributed by atoms with E-state index in [0.717, 1.165) is 30.6 Å². The Morgan fingerprint density at radius 2 is 2.17 bits per heavy atom. The Kier molecular flexibility index (Phi) is 4.65. The third-order valence-corrected chi connectivity index (χ3v) is 4.43. The molecule has 1 saturated carbocycles. The van der Waals surface area contributed by atoms with Crippen molar-refractivity contribution in [1.82, 2.24) is 15.1 Å². The average Bonchev–Trinajstić information content (AvgIpc) is 2.62. The van der Waals surface area contributed by atoms with Gasteiger partial charge in [0.2, 0.25) is 0 Å². The van der Waals surface area contributed by atoms with E-state index in [1.54, 1.807) is 4.68 Å². The number of rotatable bonds is 4. The number of aliphatic hydroxyl groups excluding tert-OH is 1. The summed E-state index contributed by atoms with van der Waals surface area (Å²) < 4.78 is 1.71. The summed E-state index contributed by atoms with van der Waals surface area (Å²) in [4.78, 5) is 0. The largest absolute Gasteiger partial charge is 0.396 e. The van der Waals surface area contributed by atoms with Crippen LogP contribution in [0.5, 0.6) is 0 Å². The summed E-state index contributed by atoms with van der Waals surface area (Å²) in [5, 5.41) is 17.9. The molecule has 4 nitrogen and oxygen atoms in total. The zero-order valence-electron chi connectivity index (χ0n) is 11.1. The molecule has 0 spiro atoms. The lowest BCUT2D eigenvalue weighted by molar-refractivity contribution is 0.152. The van der Waals surface area contributed by atoms with Crippen LogP contribution in [0, 0.1) is 12.8 Å². The lowest BCUT2D eigenvalue weighted by Crippen LogP contribution is -2.39. The first kappa shape index (κ1) is 13.8. The molecular formula is C13H22ClN3O. The molecule has 0 bridgehead atoms. The van der Waals surface area contributed by atoms with Crippen LogP contribution < -0.4 is 5.32 Å². The van der Waals surface area contributed by atoms with Gasteiger partial charge in [0.25, 0.3) is 0 Å². The molecule has 102 valence electrons. The molecule has 2 N–H and O–H groups in total. The standard InChI is InChI=1S/C13H22ClN3O/c1-9-11(13(14)17(2)16-9)7-15-12-6-4-3-5-10(12)8-18/h10,12,15,18H,3-8H2,1-2H3. The Balaban J connectivity index is 1.98. The van der Waals surface area contributed by atoms with Crippen LogP contribution in [0.15, 0.2) is 0 Å². The molecule has 0 radical (unpaired) electrons. The monoisotopic (exact) mass is 271 g/mol. The summed E-state index contributed by atoms with van der Waals surface area (Å²) in [6.07, 6.45) is 4.74. The number of aromatic nitrogens is 2. The minimum absolute atomic E-state index is 0.275. The van der Waals surface area contributed by atoms with Crippen LogP contribution in [-0.2, 0) is 13.6 Å². The van der Waals surface area contributed by atoms with E-state index in [0.29, 0.717) is 17.1 Å². The van der Waals surface area contributed by atoms with Crippen LogP contribution in [0.25, 0.3) is 0 Å². The van der Waals surface area contributed by atoms with Crippen LogP contribution in [0.4, 0.5) is 0 Å². The highest BCUT2D eigenvalue weighted by atomic mass is 35.5. The molecule has 1 aliphatic rings. The van der Waals surface area contributed by atoms with Gasteiger partial charge in [0.15, 0.2) is 0 Å². The molecule has 1 fully saturated rings. The summed E-state index contributed by atoms with van der Waals surface area (Å²) in [6.45, 7) is 2.99. The highest BCUT2D eigenvalue weighted by molar-refractivity contribution is 6.30. The van der Waals surface area contributed by atoms with Gasteiger partial charge in [0.05, 0.1) is 5.69 Å². The molecule has 1 aliphatic carbocycles. The highest BCUT2D eigenvalue weighted by Gasteiger charge is 2.24. The Morgan fingerprint density at radius 3 is 2.78 bits per heavy atom. The fraction of sp³-hybridized carbons (Fsp3) is 0.769. The van der Waals surface area contributed by atoms with Crippen molar-refractivity contribution in [2.24, 2.45) is 13.0 Å². The molecule has 1 aromatic heterocycles. The van der Waals surface area contributed by atoms with Crippen LogP contribution in [0.1, 0.15) is 36.9 Å². The summed E-state index contributed by atoms with van der Waals surface area (Å²) in [5.74, 6) is 0.384. The number of hydrogen-bond donors (Lipinski definition) is 2. The van der Waals surface area contributed by atoms with Gasteiger partial charge in [-0.15, -0.1) is 0 Å². The molecule has 5 heteroatoms. The number of nitrogens with one attached hydrogen (secondary N) is 1. The van der Waals surface area contributed by atoms with Crippen molar-refractivity contribution in [2.45, 2.75) is 45.2 Å². The topological polar surface area (TPSA) is 50.1 Å². The predicted octanol–water partition coefficient (Wildman–Crippen LogP) is 2.02. The molecule has 1 heterocycles. The molecule has 1 aromatic rings. The second-order valence-electron chi connectivity index (χ2n) is 5.19. The van der Waals surface area contributed by atoms with Gasteiger partial charge in [-0.25, -0.2) is 0 Å². The van der Waals surface area contributed by atoms with Gasteiger partial charge in [-0.2, -0.15) is 5.10 Å². The normalized spacial score (nSPS) is 24.4. The number of hydrogen-bond acceptors (Lipinski definition) is 3. The first-order chi connectivity index (χ1) is 8.63. The van der Waals surface area contributed by atoms with Crippen LogP contribution in [0.2, 0.25) is 5.15 Å². The predicted molar refractivity (Wildman–Crippen MR) is 72.6 cm³/mol. The van der Waals surface area contributed by atoms with Crippen molar-refractivity contribution < 1.29 is 5.11 Å². The SMILES string of the molecule is Cc1nn(C)c(Cl)c1CNC1CCCCC1CO. The van der Waals surface area contributed by atoms with E-state index in [1.807, 2.05) is 14.0 Å². The van der Waals surface area contributed by atoms with E-state index in [9.17, 15) is 5.11 Å². The van der Waals surface area contributed by atoms with Gasteiger partial charge in [-0.05, 0) is 25.7 Å². The van der Waals surface area contributed by atoms with Crippen molar-refractivity contribution in [3.63, 3.8) is 0 Å². The third kappa shape index (κ3) is 2.87. The Hall–Kier alpha value is -0.580. The van der Waals surface area contributed by atoms with Crippen molar-refractivity contribution in [3.05, 3.63) is 16.4 Å². The molecule has 0 amide bonds. The minimum atomic E-state index is 0.275. The molecule has 0 aliphatic heterocycles. The van der Waals surface area contributed by atoms with Crippen LogP contribution in [-0.4, -0.2) is 27.5 Å². The van der Waals surface area contributed by atoms with E-state index in [2.05, 4.69) is 10.4 Å². The zero-order chi connectivity index (χ0) is 13.1. The van der Waals surface area contributed by atoms with Crippen molar-refractivity contribution in [3.8, 4) is 0 Å². The molecule has 2 rings (SSSR count). The summed E-state index contributed by atoms with van der Waals surface area (Å²) in [5.41, 5.74) is 2.05. The van der Waals surface area contributed by atoms with Gasteiger partial charge in [-0.1, -0.05) is 24.4 Å². The Bertz CT molecular complexity index is 405.